The molecule has 0 atom stereocenters. The molecule has 0 bridgehead atoms. The highest BCUT2D eigenvalue weighted by atomic mass is 16.5. The Kier molecular flexibility index (Phi) is 4.96. The Bertz CT molecular complexity index is 771. The van der Waals surface area contributed by atoms with Crippen LogP contribution in [-0.4, -0.2) is 29.7 Å². The van der Waals surface area contributed by atoms with E-state index in [0.29, 0.717) is 6.04 Å². The highest BCUT2D eigenvalue weighted by Gasteiger charge is 2.21. The van der Waals surface area contributed by atoms with Crippen LogP contribution in [0.25, 0.3) is 0 Å². The third-order valence-electron chi connectivity index (χ3n) is 5.57. The molecule has 1 fully saturated rings. The van der Waals surface area contributed by atoms with Crippen molar-refractivity contribution in [1.82, 2.24) is 9.97 Å². The second-order valence-electron chi connectivity index (χ2n) is 7.33. The molecular formula is C21H28N4O. The number of methoxy groups -OCH3 is 1. The van der Waals surface area contributed by atoms with Crippen LogP contribution in [0.5, 0.6) is 5.75 Å². The Morgan fingerprint density at radius 1 is 1.15 bits per heavy atom. The van der Waals surface area contributed by atoms with Gasteiger partial charge in [0.2, 0.25) is 5.95 Å². The van der Waals surface area contributed by atoms with E-state index in [4.69, 9.17) is 14.7 Å². The van der Waals surface area contributed by atoms with Crippen LogP contribution in [0.4, 0.5) is 11.8 Å². The van der Waals surface area contributed by atoms with E-state index in [2.05, 4.69) is 35.3 Å². The average molecular weight is 352 g/mol. The molecule has 5 heteroatoms. The number of aromatic nitrogens is 2. The molecule has 1 aliphatic carbocycles. The van der Waals surface area contributed by atoms with Crippen molar-refractivity contribution < 1.29 is 4.74 Å². The Labute approximate surface area is 155 Å². The second kappa shape index (κ2) is 7.52. The van der Waals surface area contributed by atoms with Crippen LogP contribution in [-0.2, 0) is 19.4 Å². The number of hydrogen-bond donors (Lipinski definition) is 1. The predicted octanol–water partition coefficient (Wildman–Crippen LogP) is 3.96. The summed E-state index contributed by atoms with van der Waals surface area (Å²) in [6, 6.07) is 9.07. The van der Waals surface area contributed by atoms with Crippen LogP contribution in [0.15, 0.2) is 24.3 Å². The molecule has 0 saturated heterocycles. The van der Waals surface area contributed by atoms with Gasteiger partial charge in [0, 0.05) is 30.9 Å². The van der Waals surface area contributed by atoms with Gasteiger partial charge in [-0.3, -0.25) is 0 Å². The summed E-state index contributed by atoms with van der Waals surface area (Å²) < 4.78 is 5.36. The van der Waals surface area contributed by atoms with Crippen LogP contribution >= 0.6 is 0 Å². The van der Waals surface area contributed by atoms with Crippen molar-refractivity contribution >= 4 is 11.8 Å². The van der Waals surface area contributed by atoms with Crippen molar-refractivity contribution in [2.45, 2.75) is 58.0 Å². The van der Waals surface area contributed by atoms with Crippen molar-refractivity contribution in [2.24, 2.45) is 0 Å². The summed E-state index contributed by atoms with van der Waals surface area (Å²) in [7, 11) is 1.73. The van der Waals surface area contributed by atoms with Gasteiger partial charge >= 0.3 is 0 Å². The number of nitrogens with zero attached hydrogens (tertiary/aromatic N) is 3. The second-order valence-corrected chi connectivity index (χ2v) is 7.33. The summed E-state index contributed by atoms with van der Waals surface area (Å²) >= 11 is 0. The van der Waals surface area contributed by atoms with Gasteiger partial charge in [-0.15, -0.1) is 0 Å². The van der Waals surface area contributed by atoms with Gasteiger partial charge < -0.3 is 15.0 Å². The molecule has 0 unspecified atom stereocenters. The van der Waals surface area contributed by atoms with Gasteiger partial charge in [-0.1, -0.05) is 25.8 Å². The zero-order valence-corrected chi connectivity index (χ0v) is 15.8. The number of ether oxygens (including phenoxy) is 1. The van der Waals surface area contributed by atoms with Crippen molar-refractivity contribution in [3.05, 3.63) is 41.1 Å². The Hall–Kier alpha value is -2.30. The summed E-state index contributed by atoms with van der Waals surface area (Å²) in [6.45, 7) is 4.02. The molecule has 0 spiro atoms. The Morgan fingerprint density at radius 3 is 2.77 bits per heavy atom. The molecule has 1 aliphatic heterocycles. The van der Waals surface area contributed by atoms with E-state index in [1.165, 1.54) is 36.8 Å². The third kappa shape index (κ3) is 3.62. The highest BCUT2D eigenvalue weighted by Crippen LogP contribution is 2.28. The minimum absolute atomic E-state index is 0.532. The fraction of sp³-hybridized carbons (Fsp3) is 0.524. The first-order chi connectivity index (χ1) is 12.7. The summed E-state index contributed by atoms with van der Waals surface area (Å²) in [5, 5.41) is 3.56. The molecule has 26 heavy (non-hydrogen) atoms. The maximum absolute atomic E-state index is 5.36. The van der Waals surface area contributed by atoms with Gasteiger partial charge in [-0.25, -0.2) is 4.98 Å². The summed E-state index contributed by atoms with van der Waals surface area (Å²) in [6.07, 6.45) is 7.02. The normalized spacial score (nSPS) is 17.2. The predicted molar refractivity (Wildman–Crippen MR) is 105 cm³/mol. The maximum atomic E-state index is 5.36. The number of aryl methyl sites for hydroxylation is 1. The van der Waals surface area contributed by atoms with Gasteiger partial charge in [0.1, 0.15) is 11.6 Å². The minimum Gasteiger partial charge on any atom is -0.497 e. The largest absolute Gasteiger partial charge is 0.497 e. The minimum atomic E-state index is 0.532. The van der Waals surface area contributed by atoms with Gasteiger partial charge in [0.05, 0.1) is 7.11 Å². The Balaban J connectivity index is 1.56. The van der Waals surface area contributed by atoms with E-state index in [1.807, 2.05) is 6.07 Å². The van der Waals surface area contributed by atoms with Gasteiger partial charge in [-0.2, -0.15) is 4.98 Å². The van der Waals surface area contributed by atoms with E-state index >= 15 is 0 Å². The molecule has 5 nitrogen and oxygen atoms in total. The molecule has 138 valence electrons. The number of rotatable bonds is 5. The highest BCUT2D eigenvalue weighted by molar-refractivity contribution is 5.49. The fourth-order valence-electron chi connectivity index (χ4n) is 4.00. The average Bonchev–Trinajstić information content (AvgIpc) is 3.19. The molecule has 2 heterocycles. The lowest BCUT2D eigenvalue weighted by Gasteiger charge is -2.30. The van der Waals surface area contributed by atoms with Crippen molar-refractivity contribution in [2.75, 3.05) is 23.9 Å². The molecule has 1 aromatic heterocycles. The molecular weight excluding hydrogens is 324 g/mol. The number of fused-ring (bicyclic) bond motifs is 1. The SMILES string of the molecule is CCc1cc(N2CCc3cc(OC)ccc3C2)nc(NC2CCCC2)n1. The van der Waals surface area contributed by atoms with E-state index < -0.39 is 0 Å². The summed E-state index contributed by atoms with van der Waals surface area (Å²) in [4.78, 5) is 11.9. The van der Waals surface area contributed by atoms with E-state index in [1.54, 1.807) is 7.11 Å². The summed E-state index contributed by atoms with van der Waals surface area (Å²) in [5.41, 5.74) is 3.85. The molecule has 1 N–H and O–H groups in total. The zero-order valence-electron chi connectivity index (χ0n) is 15.8. The van der Waals surface area contributed by atoms with Crippen molar-refractivity contribution in [3.63, 3.8) is 0 Å². The third-order valence-corrected chi connectivity index (χ3v) is 5.57. The van der Waals surface area contributed by atoms with Gasteiger partial charge in [0.15, 0.2) is 0 Å². The van der Waals surface area contributed by atoms with E-state index in [0.717, 1.165) is 49.1 Å². The lowest BCUT2D eigenvalue weighted by atomic mass is 9.99. The number of benzene rings is 1. The maximum Gasteiger partial charge on any atom is 0.225 e. The lowest BCUT2D eigenvalue weighted by Crippen LogP contribution is -2.31. The van der Waals surface area contributed by atoms with Crippen LogP contribution in [0.3, 0.4) is 0 Å². The first-order valence-electron chi connectivity index (χ1n) is 9.80. The van der Waals surface area contributed by atoms with Crippen LogP contribution in [0, 0.1) is 0 Å². The molecule has 4 rings (SSSR count). The standard InChI is InChI=1S/C21H28N4O/c1-3-17-13-20(24-21(22-17)23-18-6-4-5-7-18)25-11-10-15-12-19(26-2)9-8-16(15)14-25/h8-9,12-13,18H,3-7,10-11,14H2,1-2H3,(H,22,23,24). The monoisotopic (exact) mass is 352 g/mol. The Morgan fingerprint density at radius 2 is 2.00 bits per heavy atom. The van der Waals surface area contributed by atoms with Gasteiger partial charge in [-0.05, 0) is 48.9 Å². The first kappa shape index (κ1) is 17.1. The van der Waals surface area contributed by atoms with Crippen molar-refractivity contribution in [3.8, 4) is 5.75 Å². The van der Waals surface area contributed by atoms with Crippen LogP contribution < -0.4 is 15.0 Å². The zero-order chi connectivity index (χ0) is 17.9. The fourth-order valence-corrected chi connectivity index (χ4v) is 4.00. The van der Waals surface area contributed by atoms with Gasteiger partial charge in [0.25, 0.3) is 0 Å². The number of hydrogen-bond acceptors (Lipinski definition) is 5. The number of nitrogens with one attached hydrogen (secondary N) is 1. The molecule has 0 radical (unpaired) electrons. The molecule has 0 amide bonds. The first-order valence-corrected chi connectivity index (χ1v) is 9.80. The molecule has 2 aromatic rings. The molecule has 1 saturated carbocycles. The van der Waals surface area contributed by atoms with E-state index in [-0.39, 0.29) is 0 Å². The summed E-state index contributed by atoms with van der Waals surface area (Å²) in [5.74, 6) is 2.78. The van der Waals surface area contributed by atoms with Crippen LogP contribution in [0.1, 0.15) is 49.4 Å². The molecule has 2 aliphatic rings. The number of anilines is 2. The topological polar surface area (TPSA) is 50.3 Å². The quantitative estimate of drug-likeness (QED) is 0.882. The van der Waals surface area contributed by atoms with Crippen LogP contribution in [0.2, 0.25) is 0 Å². The lowest BCUT2D eigenvalue weighted by molar-refractivity contribution is 0.413. The van der Waals surface area contributed by atoms with E-state index in [9.17, 15) is 0 Å². The smallest absolute Gasteiger partial charge is 0.225 e. The van der Waals surface area contributed by atoms with Crippen molar-refractivity contribution in [1.29, 1.82) is 0 Å². The molecule has 1 aromatic carbocycles.